The minimum atomic E-state index is -0.507. The van der Waals surface area contributed by atoms with E-state index < -0.39 is 17.1 Å². The fourth-order valence-corrected chi connectivity index (χ4v) is 5.14. The molecule has 0 saturated carbocycles. The summed E-state index contributed by atoms with van der Waals surface area (Å²) in [5, 5.41) is -0.473. The second-order valence-corrected chi connectivity index (χ2v) is 9.87. The molecule has 2 saturated heterocycles. The number of imide groups is 1. The lowest BCUT2D eigenvalue weighted by Gasteiger charge is -2.36. The van der Waals surface area contributed by atoms with Crippen LogP contribution in [0.1, 0.15) is 5.56 Å². The van der Waals surface area contributed by atoms with Crippen molar-refractivity contribution in [2.24, 2.45) is 0 Å². The summed E-state index contributed by atoms with van der Waals surface area (Å²) in [7, 11) is 1.27. The largest absolute Gasteiger partial charge is 0.481 e. The molecule has 0 bridgehead atoms. The Morgan fingerprint density at radius 3 is 2.44 bits per heavy atom. The van der Waals surface area contributed by atoms with Gasteiger partial charge in [-0.3, -0.25) is 19.3 Å². The Morgan fingerprint density at radius 2 is 1.78 bits per heavy atom. The molecule has 2 aliphatic heterocycles. The van der Waals surface area contributed by atoms with Crippen molar-refractivity contribution in [2.75, 3.05) is 51.3 Å². The summed E-state index contributed by atoms with van der Waals surface area (Å²) in [5.41, 5.74) is 1.76. The number of methoxy groups -OCH3 is 1. The topological polar surface area (TPSA) is 96.5 Å². The van der Waals surface area contributed by atoms with Gasteiger partial charge in [0.2, 0.25) is 5.91 Å². The van der Waals surface area contributed by atoms with E-state index in [0.717, 1.165) is 22.3 Å². The monoisotopic (exact) mass is 573 g/mol. The molecular weight excluding hydrogens is 550 g/mol. The van der Waals surface area contributed by atoms with E-state index in [1.54, 1.807) is 29.2 Å². The highest BCUT2D eigenvalue weighted by atomic mass is 79.9. The number of ether oxygens (including phenoxy) is 2. The highest BCUT2D eigenvalue weighted by molar-refractivity contribution is 9.10. The number of rotatable bonds is 7. The molecule has 0 unspecified atom stereocenters. The normalized spacial score (nSPS) is 17.1. The van der Waals surface area contributed by atoms with E-state index in [1.165, 1.54) is 7.11 Å². The number of nitrogens with zero attached hydrogens (tertiary/aromatic N) is 3. The minimum Gasteiger partial charge on any atom is -0.481 e. The number of piperazine rings is 1. The van der Waals surface area contributed by atoms with Crippen LogP contribution in [0, 0.1) is 0 Å². The van der Waals surface area contributed by atoms with Gasteiger partial charge in [-0.1, -0.05) is 24.3 Å². The fourth-order valence-electron chi connectivity index (χ4n) is 3.80. The lowest BCUT2D eigenvalue weighted by molar-refractivity contribution is -0.143. The van der Waals surface area contributed by atoms with Crippen LogP contribution in [0.3, 0.4) is 0 Å². The van der Waals surface area contributed by atoms with Crippen molar-refractivity contribution in [3.8, 4) is 5.75 Å². The van der Waals surface area contributed by atoms with Crippen molar-refractivity contribution in [1.82, 2.24) is 9.80 Å². The quantitative estimate of drug-likeness (QED) is 0.367. The molecule has 4 rings (SSSR count). The van der Waals surface area contributed by atoms with Crippen molar-refractivity contribution in [1.29, 1.82) is 0 Å². The maximum absolute atomic E-state index is 12.9. The van der Waals surface area contributed by atoms with E-state index in [9.17, 15) is 19.2 Å². The van der Waals surface area contributed by atoms with Crippen molar-refractivity contribution >= 4 is 62.5 Å². The highest BCUT2D eigenvalue weighted by Gasteiger charge is 2.37. The second kappa shape index (κ2) is 11.6. The number of benzene rings is 2. The van der Waals surface area contributed by atoms with Crippen molar-refractivity contribution in [3.63, 3.8) is 0 Å². The van der Waals surface area contributed by atoms with Crippen molar-refractivity contribution in [2.45, 2.75) is 0 Å². The smallest absolute Gasteiger partial charge is 0.343 e. The third kappa shape index (κ3) is 6.08. The predicted molar refractivity (Wildman–Crippen MR) is 140 cm³/mol. The van der Waals surface area contributed by atoms with Crippen LogP contribution in [0.2, 0.25) is 0 Å². The molecule has 2 fully saturated rings. The first-order chi connectivity index (χ1) is 17.4. The van der Waals surface area contributed by atoms with E-state index in [1.807, 2.05) is 30.3 Å². The van der Waals surface area contributed by atoms with Crippen LogP contribution in [0.5, 0.6) is 5.75 Å². The van der Waals surface area contributed by atoms with E-state index in [-0.39, 0.29) is 24.0 Å². The van der Waals surface area contributed by atoms with E-state index in [0.29, 0.717) is 42.0 Å². The zero-order valence-electron chi connectivity index (χ0n) is 19.5. The molecule has 36 heavy (non-hydrogen) atoms. The Labute approximate surface area is 221 Å². The standard InChI is InChI=1S/C25H24BrN3O6S/c1-34-23(31)16-35-20-8-7-17(13-19(20)26)14-21-24(32)29(25(33)36-21)15-22(30)28-11-9-27(10-12-28)18-5-3-2-4-6-18/h2-8,13-14H,9-12,15-16H2,1H3/b21-14+. The summed E-state index contributed by atoms with van der Waals surface area (Å²) in [4.78, 5) is 54.6. The number of halogens is 1. The van der Waals surface area contributed by atoms with Gasteiger partial charge in [-0.15, -0.1) is 0 Å². The number of amides is 3. The molecule has 0 N–H and O–H groups in total. The van der Waals surface area contributed by atoms with Crippen molar-refractivity contribution < 1.29 is 28.7 Å². The first-order valence-electron chi connectivity index (χ1n) is 11.2. The molecule has 0 aromatic heterocycles. The van der Waals surface area contributed by atoms with Gasteiger partial charge in [-0.2, -0.15) is 0 Å². The van der Waals surface area contributed by atoms with Crippen LogP contribution >= 0.6 is 27.7 Å². The molecule has 2 aromatic carbocycles. The van der Waals surface area contributed by atoms with Gasteiger partial charge in [0.15, 0.2) is 6.61 Å². The third-order valence-corrected chi connectivity index (χ3v) is 7.27. The molecule has 188 valence electrons. The molecule has 0 spiro atoms. The molecule has 2 heterocycles. The van der Waals surface area contributed by atoms with E-state index in [4.69, 9.17) is 4.74 Å². The number of thioether (sulfide) groups is 1. The summed E-state index contributed by atoms with van der Waals surface area (Å²) in [6, 6.07) is 15.0. The summed E-state index contributed by atoms with van der Waals surface area (Å²) < 4.78 is 10.5. The predicted octanol–water partition coefficient (Wildman–Crippen LogP) is 3.39. The molecule has 9 nitrogen and oxygen atoms in total. The van der Waals surface area contributed by atoms with Gasteiger partial charge in [0.25, 0.3) is 11.1 Å². The summed E-state index contributed by atoms with van der Waals surface area (Å²) in [5.74, 6) is -0.819. The SMILES string of the molecule is COC(=O)COc1ccc(/C=C2/SC(=O)N(CC(=O)N3CCN(c4ccccc4)CC3)C2=O)cc1Br. The highest BCUT2D eigenvalue weighted by Crippen LogP contribution is 2.34. The third-order valence-electron chi connectivity index (χ3n) is 5.75. The summed E-state index contributed by atoms with van der Waals surface area (Å²) in [6.45, 7) is 1.91. The zero-order chi connectivity index (χ0) is 25.7. The molecular formula is C25H24BrN3O6S. The van der Waals surface area contributed by atoms with Gasteiger partial charge in [-0.25, -0.2) is 4.79 Å². The molecule has 11 heteroatoms. The maximum atomic E-state index is 12.9. The molecule has 0 aliphatic carbocycles. The summed E-state index contributed by atoms with van der Waals surface area (Å²) >= 11 is 4.18. The van der Waals surface area contributed by atoms with Gasteiger partial charge in [-0.05, 0) is 63.6 Å². The Hall–Kier alpha value is -3.31. The Bertz CT molecular complexity index is 1200. The number of carbonyl (C=O) groups is 4. The van der Waals surface area contributed by atoms with Crippen LogP contribution < -0.4 is 9.64 Å². The van der Waals surface area contributed by atoms with Gasteiger partial charge in [0, 0.05) is 31.9 Å². The summed E-state index contributed by atoms with van der Waals surface area (Å²) in [6.07, 6.45) is 1.59. The number of hydrogen-bond acceptors (Lipinski definition) is 8. The van der Waals surface area contributed by atoms with Crippen molar-refractivity contribution in [3.05, 3.63) is 63.5 Å². The Kier molecular flexibility index (Phi) is 8.32. The first-order valence-corrected chi connectivity index (χ1v) is 12.8. The van der Waals surface area contributed by atoms with Crippen LogP contribution in [-0.4, -0.2) is 79.3 Å². The molecule has 2 aliphatic rings. The van der Waals surface area contributed by atoms with Gasteiger partial charge < -0.3 is 19.3 Å². The van der Waals surface area contributed by atoms with Gasteiger partial charge >= 0.3 is 5.97 Å². The average molecular weight is 574 g/mol. The molecule has 0 radical (unpaired) electrons. The van der Waals surface area contributed by atoms with Gasteiger partial charge in [0.1, 0.15) is 12.3 Å². The van der Waals surface area contributed by atoms with Crippen LogP contribution in [0.15, 0.2) is 57.9 Å². The zero-order valence-corrected chi connectivity index (χ0v) is 21.9. The van der Waals surface area contributed by atoms with Crippen LogP contribution in [0.25, 0.3) is 6.08 Å². The number of anilines is 1. The second-order valence-electron chi connectivity index (χ2n) is 8.03. The Balaban J connectivity index is 1.35. The lowest BCUT2D eigenvalue weighted by atomic mass is 10.2. The molecule has 3 amide bonds. The van der Waals surface area contributed by atoms with Crippen LogP contribution in [0.4, 0.5) is 10.5 Å². The molecule has 0 atom stereocenters. The molecule has 2 aromatic rings. The Morgan fingerprint density at radius 1 is 1.06 bits per heavy atom. The first kappa shape index (κ1) is 25.8. The fraction of sp³-hybridized carbons (Fsp3) is 0.280. The van der Waals surface area contributed by atoms with E-state index >= 15 is 0 Å². The maximum Gasteiger partial charge on any atom is 0.343 e. The number of esters is 1. The lowest BCUT2D eigenvalue weighted by Crippen LogP contribution is -2.51. The number of para-hydroxylation sites is 1. The minimum absolute atomic E-state index is 0.233. The number of hydrogen-bond donors (Lipinski definition) is 0. The average Bonchev–Trinajstić information content (AvgIpc) is 3.15. The number of carbonyl (C=O) groups excluding carboxylic acids is 4. The van der Waals surface area contributed by atoms with E-state index in [2.05, 4.69) is 25.6 Å². The van der Waals surface area contributed by atoms with Gasteiger partial charge in [0.05, 0.1) is 16.5 Å². The van der Waals surface area contributed by atoms with Crippen LogP contribution in [-0.2, 0) is 19.1 Å².